The van der Waals surface area contributed by atoms with Crippen molar-refractivity contribution in [2.45, 2.75) is 44.2 Å². The second-order valence-corrected chi connectivity index (χ2v) is 14.4. The van der Waals surface area contributed by atoms with Crippen LogP contribution in [0.15, 0.2) is 24.3 Å². The molecule has 0 bridgehead atoms. The predicted octanol–water partition coefficient (Wildman–Crippen LogP) is 5.54. The molecule has 6 atom stereocenters. The minimum absolute atomic E-state index is 0.126. The fourth-order valence-corrected chi connectivity index (χ4v) is 8.15. The largest absolute Gasteiger partial charge is 0.110 e. The van der Waals surface area contributed by atoms with Crippen LogP contribution in [0.2, 0.25) is 0 Å². The lowest BCUT2D eigenvalue weighted by Gasteiger charge is -2.25. The molecule has 0 N–H and O–H groups in total. The normalized spacial score (nSPS) is 25.4. The van der Waals surface area contributed by atoms with E-state index in [4.69, 9.17) is 0 Å². The molecule has 17 heavy (non-hydrogen) atoms. The van der Waals surface area contributed by atoms with Gasteiger partial charge in [-0.3, -0.25) is 0 Å². The summed E-state index contributed by atoms with van der Waals surface area (Å²) in [7, 11) is 7.26. The second-order valence-electron chi connectivity index (χ2n) is 4.76. The zero-order chi connectivity index (χ0) is 12.3. The van der Waals surface area contributed by atoms with Crippen molar-refractivity contribution in [1.82, 2.24) is 0 Å². The van der Waals surface area contributed by atoms with Crippen LogP contribution in [0.5, 0.6) is 0 Å². The highest BCUT2D eigenvalue weighted by Gasteiger charge is 2.34. The number of benzene rings is 1. The number of hydrogen-bond donors (Lipinski definition) is 0. The quantitative estimate of drug-likeness (QED) is 0.626. The molecule has 0 radical (unpaired) electrons. The van der Waals surface area contributed by atoms with Crippen molar-refractivity contribution >= 4 is 33.1 Å². The Balaban J connectivity index is 2.20. The summed E-state index contributed by atoms with van der Waals surface area (Å²) in [6, 6.07) is 9.13. The van der Waals surface area contributed by atoms with Gasteiger partial charge in [0.15, 0.2) is 0 Å². The molecule has 0 aromatic heterocycles. The van der Waals surface area contributed by atoms with Gasteiger partial charge in [-0.1, -0.05) is 59.3 Å². The molecule has 0 saturated carbocycles. The average molecular weight is 302 g/mol. The summed E-state index contributed by atoms with van der Waals surface area (Å²) in [5, 5.41) is 0. The predicted molar refractivity (Wildman–Crippen MR) is 90.9 cm³/mol. The maximum absolute atomic E-state index is 3.14. The fraction of sp³-hybridized carbons (Fsp3) is 0.538. The highest BCUT2D eigenvalue weighted by atomic mass is 32.6. The van der Waals surface area contributed by atoms with E-state index in [0.29, 0.717) is 0 Å². The molecule has 2 rings (SSSR count). The molecule has 0 heterocycles. The van der Waals surface area contributed by atoms with Gasteiger partial charge in [-0.2, -0.15) is 0 Å². The van der Waals surface area contributed by atoms with Crippen molar-refractivity contribution < 1.29 is 0 Å². The van der Waals surface area contributed by atoms with Crippen LogP contribution in [0.4, 0.5) is 0 Å². The first kappa shape index (κ1) is 14.4. The number of hydrogen-bond acceptors (Lipinski definition) is 0. The first-order chi connectivity index (χ1) is 8.27. The van der Waals surface area contributed by atoms with E-state index in [2.05, 4.69) is 49.0 Å². The van der Waals surface area contributed by atoms with Gasteiger partial charge in [0.05, 0.1) is 0 Å². The summed E-state index contributed by atoms with van der Waals surface area (Å²) in [6.07, 6.45) is 5.41. The van der Waals surface area contributed by atoms with Crippen molar-refractivity contribution in [2.75, 3.05) is 0 Å². The first-order valence-corrected chi connectivity index (χ1v) is 13.0. The van der Waals surface area contributed by atoms with E-state index >= 15 is 0 Å². The standard InChI is InChI=1S/C13H22P4/c1-2-3-7-12-11-8-5-4-6-10(11)9-13(12)17(15)16-14/h4-6,8,12-13,16H,2-3,7,9,14-15H2,1H3. The molecule has 94 valence electrons. The Hall–Kier alpha value is 0.940. The zero-order valence-electron chi connectivity index (χ0n) is 10.4. The highest BCUT2D eigenvalue weighted by Crippen LogP contribution is 2.73. The third-order valence-electron chi connectivity index (χ3n) is 3.72. The van der Waals surface area contributed by atoms with Crippen molar-refractivity contribution in [2.24, 2.45) is 0 Å². The Labute approximate surface area is 113 Å². The van der Waals surface area contributed by atoms with Crippen molar-refractivity contribution in [3.05, 3.63) is 35.4 Å². The topological polar surface area (TPSA) is 0 Å². The minimum atomic E-state index is 0.126. The smallest absolute Gasteiger partial charge is 0.00265 e. The lowest BCUT2D eigenvalue weighted by atomic mass is 9.95. The third-order valence-corrected chi connectivity index (χ3v) is 15.0. The van der Waals surface area contributed by atoms with Gasteiger partial charge in [-0.05, 0) is 35.5 Å². The fourth-order valence-electron chi connectivity index (χ4n) is 2.82. The molecule has 1 aromatic rings. The van der Waals surface area contributed by atoms with E-state index in [-0.39, 0.29) is 7.30 Å². The third kappa shape index (κ3) is 3.28. The summed E-state index contributed by atoms with van der Waals surface area (Å²) >= 11 is 0. The van der Waals surface area contributed by atoms with Crippen molar-refractivity contribution in [1.29, 1.82) is 0 Å². The van der Waals surface area contributed by atoms with Gasteiger partial charge in [0.25, 0.3) is 0 Å². The summed E-state index contributed by atoms with van der Waals surface area (Å²) in [5.41, 5.74) is 4.19. The van der Waals surface area contributed by atoms with Gasteiger partial charge in [0.2, 0.25) is 0 Å². The van der Waals surface area contributed by atoms with E-state index in [9.17, 15) is 0 Å². The number of fused-ring (bicyclic) bond motifs is 1. The molecule has 0 saturated heterocycles. The van der Waals surface area contributed by atoms with Crippen LogP contribution in [0.1, 0.15) is 43.2 Å². The van der Waals surface area contributed by atoms with Gasteiger partial charge < -0.3 is 0 Å². The van der Waals surface area contributed by atoms with Crippen LogP contribution in [0.25, 0.3) is 0 Å². The van der Waals surface area contributed by atoms with Crippen LogP contribution >= 0.6 is 33.1 Å². The van der Waals surface area contributed by atoms with Crippen LogP contribution in [-0.4, -0.2) is 5.66 Å². The maximum atomic E-state index is 3.14. The molecule has 4 heteroatoms. The molecule has 0 amide bonds. The molecule has 0 spiro atoms. The van der Waals surface area contributed by atoms with E-state index in [1.807, 2.05) is 0 Å². The molecule has 0 aliphatic heterocycles. The van der Waals surface area contributed by atoms with E-state index in [0.717, 1.165) is 19.5 Å². The summed E-state index contributed by atoms with van der Waals surface area (Å²) in [6.45, 7) is 2.30. The van der Waals surface area contributed by atoms with E-state index in [1.54, 1.807) is 11.1 Å². The van der Waals surface area contributed by atoms with Crippen molar-refractivity contribution in [3.63, 3.8) is 0 Å². The summed E-state index contributed by atoms with van der Waals surface area (Å²) in [4.78, 5) is 0. The van der Waals surface area contributed by atoms with E-state index in [1.165, 1.54) is 25.7 Å². The summed E-state index contributed by atoms with van der Waals surface area (Å²) in [5.74, 6) is 0.836. The zero-order valence-corrected chi connectivity index (χ0v) is 14.6. The van der Waals surface area contributed by atoms with Gasteiger partial charge in [0.1, 0.15) is 0 Å². The summed E-state index contributed by atoms with van der Waals surface area (Å²) < 4.78 is 0. The molecule has 6 unspecified atom stereocenters. The van der Waals surface area contributed by atoms with Crippen LogP contribution < -0.4 is 0 Å². The lowest BCUT2D eigenvalue weighted by Crippen LogP contribution is -2.09. The second kappa shape index (κ2) is 6.92. The van der Waals surface area contributed by atoms with Gasteiger partial charge >= 0.3 is 0 Å². The Morgan fingerprint density at radius 1 is 1.41 bits per heavy atom. The Kier molecular flexibility index (Phi) is 5.84. The lowest BCUT2D eigenvalue weighted by molar-refractivity contribution is 0.589. The first-order valence-electron chi connectivity index (χ1n) is 6.36. The Morgan fingerprint density at radius 2 is 2.18 bits per heavy atom. The molecular weight excluding hydrogens is 280 g/mol. The number of rotatable bonds is 5. The molecule has 1 aliphatic rings. The Morgan fingerprint density at radius 3 is 2.88 bits per heavy atom. The van der Waals surface area contributed by atoms with Crippen LogP contribution in [-0.2, 0) is 6.42 Å². The van der Waals surface area contributed by atoms with Gasteiger partial charge in [-0.15, -0.1) is 17.9 Å². The van der Waals surface area contributed by atoms with Crippen LogP contribution in [0.3, 0.4) is 0 Å². The van der Waals surface area contributed by atoms with Crippen molar-refractivity contribution in [3.8, 4) is 0 Å². The van der Waals surface area contributed by atoms with E-state index < -0.39 is 0 Å². The molecule has 0 nitrogen and oxygen atoms in total. The van der Waals surface area contributed by atoms with Gasteiger partial charge in [0, 0.05) is 0 Å². The molecule has 1 aliphatic carbocycles. The SMILES string of the molecule is CCCCC1c2ccccc2CC1P(P)PP. The van der Waals surface area contributed by atoms with Crippen LogP contribution in [0, 0.1) is 0 Å². The highest BCUT2D eigenvalue weighted by molar-refractivity contribution is 8.61. The Bertz CT molecular complexity index is 366. The molecular formula is C13H22P4. The molecule has 0 fully saturated rings. The minimum Gasteiger partial charge on any atom is -0.110 e. The monoisotopic (exact) mass is 302 g/mol. The maximum Gasteiger partial charge on any atom is -0.00265 e. The van der Waals surface area contributed by atoms with Gasteiger partial charge in [-0.25, -0.2) is 0 Å². The molecule has 1 aromatic carbocycles. The average Bonchev–Trinajstić information content (AvgIpc) is 2.74. The number of unbranched alkanes of at least 4 members (excludes halogenated alkanes) is 1.